The number of nitrogens with one attached hydrogen (secondary N) is 1. The van der Waals surface area contributed by atoms with Crippen molar-refractivity contribution >= 4 is 16.5 Å². The highest BCUT2D eigenvalue weighted by Crippen LogP contribution is 2.36. The lowest BCUT2D eigenvalue weighted by molar-refractivity contribution is -0.274. The summed E-state index contributed by atoms with van der Waals surface area (Å²) in [6.45, 7) is 2.07. The van der Waals surface area contributed by atoms with Crippen LogP contribution in [-0.2, 0) is 0 Å². The summed E-state index contributed by atoms with van der Waals surface area (Å²) < 4.78 is 41.3. The maximum absolute atomic E-state index is 12.4. The zero-order valence-electron chi connectivity index (χ0n) is 12.5. The maximum atomic E-state index is 12.4. The van der Waals surface area contributed by atoms with Gasteiger partial charge in [-0.2, -0.15) is 0 Å². The van der Waals surface area contributed by atoms with Gasteiger partial charge < -0.3 is 9.72 Å². The second-order valence-corrected chi connectivity index (χ2v) is 6.18. The molecule has 1 unspecified atom stereocenters. The molecule has 0 bridgehead atoms. The average Bonchev–Trinajstić information content (AvgIpc) is 3.10. The number of aromatic nitrogens is 1. The van der Waals surface area contributed by atoms with E-state index in [1.807, 2.05) is 6.20 Å². The number of aromatic amines is 1. The van der Waals surface area contributed by atoms with Crippen LogP contribution in [0.5, 0.6) is 5.75 Å². The van der Waals surface area contributed by atoms with Gasteiger partial charge in [-0.3, -0.25) is 4.90 Å². The number of hydrogen-bond acceptors (Lipinski definition) is 2. The zero-order chi connectivity index (χ0) is 16.0. The monoisotopic (exact) mass is 322 g/mol. The van der Waals surface area contributed by atoms with Crippen LogP contribution in [0.3, 0.4) is 0 Å². The molecule has 0 spiro atoms. The predicted molar refractivity (Wildman–Crippen MR) is 82.2 cm³/mol. The van der Waals surface area contributed by atoms with Gasteiger partial charge in [-0.1, -0.05) is 6.08 Å². The molecule has 0 amide bonds. The number of ether oxygens (including phenoxy) is 1. The summed E-state index contributed by atoms with van der Waals surface area (Å²) >= 11 is 0. The maximum Gasteiger partial charge on any atom is 0.573 e. The predicted octanol–water partition coefficient (Wildman–Crippen LogP) is 4.32. The standard InChI is InChI=1S/C17H17F3N2O/c18-17(19,20)23-13-3-4-16-14(9-13)15(10-21-16)11-5-7-22-6-1-2-12(22)8-11/h3-5,9-10,12,21H,1-2,6-8H2. The number of benzene rings is 1. The third-order valence-corrected chi connectivity index (χ3v) is 4.76. The topological polar surface area (TPSA) is 28.3 Å². The van der Waals surface area contributed by atoms with Gasteiger partial charge in [-0.05, 0) is 49.6 Å². The van der Waals surface area contributed by atoms with Crippen molar-refractivity contribution in [1.29, 1.82) is 0 Å². The van der Waals surface area contributed by atoms with Crippen molar-refractivity contribution in [3.05, 3.63) is 36.0 Å². The SMILES string of the molecule is FC(F)(F)Oc1ccc2[nH]cc(C3=CCN4CCCC4C3)c2c1. The van der Waals surface area contributed by atoms with Crippen molar-refractivity contribution in [3.63, 3.8) is 0 Å². The molecule has 2 aliphatic rings. The first-order valence-electron chi connectivity index (χ1n) is 7.80. The van der Waals surface area contributed by atoms with E-state index in [4.69, 9.17) is 0 Å². The highest BCUT2D eigenvalue weighted by Gasteiger charge is 2.32. The second kappa shape index (κ2) is 5.30. The van der Waals surface area contributed by atoms with Crippen LogP contribution in [0.25, 0.3) is 16.5 Å². The summed E-state index contributed by atoms with van der Waals surface area (Å²) in [4.78, 5) is 5.61. The van der Waals surface area contributed by atoms with E-state index in [1.165, 1.54) is 30.5 Å². The molecular formula is C17H17F3N2O. The molecule has 1 saturated heterocycles. The highest BCUT2D eigenvalue weighted by molar-refractivity contribution is 5.93. The third-order valence-electron chi connectivity index (χ3n) is 4.76. The summed E-state index contributed by atoms with van der Waals surface area (Å²) in [6, 6.07) is 5.00. The molecule has 2 aromatic rings. The summed E-state index contributed by atoms with van der Waals surface area (Å²) in [7, 11) is 0. The van der Waals surface area contributed by atoms with Crippen LogP contribution >= 0.6 is 0 Å². The van der Waals surface area contributed by atoms with Crippen LogP contribution in [0.15, 0.2) is 30.5 Å². The van der Waals surface area contributed by atoms with Crippen LogP contribution < -0.4 is 4.74 Å². The molecule has 3 nitrogen and oxygen atoms in total. The van der Waals surface area contributed by atoms with Crippen molar-refractivity contribution < 1.29 is 17.9 Å². The van der Waals surface area contributed by atoms with Crippen LogP contribution in [0.2, 0.25) is 0 Å². The summed E-state index contributed by atoms with van der Waals surface area (Å²) in [5, 5.41) is 0.782. The van der Waals surface area contributed by atoms with Crippen molar-refractivity contribution in [2.24, 2.45) is 0 Å². The molecule has 1 N–H and O–H groups in total. The van der Waals surface area contributed by atoms with Crippen LogP contribution in [0.1, 0.15) is 24.8 Å². The fourth-order valence-electron chi connectivity index (χ4n) is 3.71. The van der Waals surface area contributed by atoms with E-state index in [1.54, 1.807) is 6.07 Å². The largest absolute Gasteiger partial charge is 0.573 e. The number of fused-ring (bicyclic) bond motifs is 2. The Morgan fingerprint density at radius 2 is 2.13 bits per heavy atom. The number of halogens is 3. The van der Waals surface area contributed by atoms with Gasteiger partial charge in [0.25, 0.3) is 0 Å². The van der Waals surface area contributed by atoms with Gasteiger partial charge in [-0.25, -0.2) is 0 Å². The van der Waals surface area contributed by atoms with E-state index in [0.29, 0.717) is 6.04 Å². The Balaban J connectivity index is 1.68. The number of alkyl halides is 3. The minimum Gasteiger partial charge on any atom is -0.406 e. The van der Waals surface area contributed by atoms with Crippen molar-refractivity contribution in [2.45, 2.75) is 31.7 Å². The Morgan fingerprint density at radius 1 is 1.26 bits per heavy atom. The molecule has 122 valence electrons. The first kappa shape index (κ1) is 14.6. The number of hydrogen-bond donors (Lipinski definition) is 1. The van der Waals surface area contributed by atoms with Gasteiger partial charge in [0.15, 0.2) is 0 Å². The van der Waals surface area contributed by atoms with Crippen LogP contribution in [0.4, 0.5) is 13.2 Å². The van der Waals surface area contributed by atoms with Gasteiger partial charge in [0.1, 0.15) is 5.75 Å². The second-order valence-electron chi connectivity index (χ2n) is 6.18. The van der Waals surface area contributed by atoms with E-state index < -0.39 is 6.36 Å². The number of H-pyrrole nitrogens is 1. The van der Waals surface area contributed by atoms with Gasteiger partial charge in [-0.15, -0.1) is 13.2 Å². The van der Waals surface area contributed by atoms with E-state index in [-0.39, 0.29) is 5.75 Å². The normalized spacial score (nSPS) is 22.2. The Morgan fingerprint density at radius 3 is 2.96 bits per heavy atom. The minimum atomic E-state index is -4.67. The van der Waals surface area contributed by atoms with Crippen LogP contribution in [-0.4, -0.2) is 35.4 Å². The summed E-state index contributed by atoms with van der Waals surface area (Å²) in [5.74, 6) is -0.176. The lowest BCUT2D eigenvalue weighted by atomic mass is 9.94. The molecule has 3 heterocycles. The quantitative estimate of drug-likeness (QED) is 0.892. The van der Waals surface area contributed by atoms with Crippen LogP contribution in [0, 0.1) is 0 Å². The Labute approximate surface area is 131 Å². The Bertz CT molecular complexity index is 763. The average molecular weight is 322 g/mol. The van der Waals surface area contributed by atoms with E-state index in [9.17, 15) is 13.2 Å². The molecule has 1 atom stereocenters. The Hall–Kier alpha value is -1.95. The van der Waals surface area contributed by atoms with E-state index in [2.05, 4.69) is 20.7 Å². The third kappa shape index (κ3) is 2.83. The lowest BCUT2D eigenvalue weighted by Gasteiger charge is -2.29. The molecule has 0 aliphatic carbocycles. The fourth-order valence-corrected chi connectivity index (χ4v) is 3.71. The Kier molecular flexibility index (Phi) is 3.37. The van der Waals surface area contributed by atoms with Gasteiger partial charge in [0.2, 0.25) is 0 Å². The number of rotatable bonds is 2. The highest BCUT2D eigenvalue weighted by atomic mass is 19.4. The first-order valence-corrected chi connectivity index (χ1v) is 7.80. The molecule has 4 rings (SSSR count). The van der Waals surface area contributed by atoms with Gasteiger partial charge in [0.05, 0.1) is 0 Å². The number of nitrogens with zero attached hydrogens (tertiary/aromatic N) is 1. The van der Waals surface area contributed by atoms with E-state index >= 15 is 0 Å². The summed E-state index contributed by atoms with van der Waals surface area (Å²) in [5.41, 5.74) is 3.02. The molecule has 1 aromatic heterocycles. The molecule has 0 radical (unpaired) electrons. The molecule has 2 aliphatic heterocycles. The zero-order valence-corrected chi connectivity index (χ0v) is 12.5. The minimum absolute atomic E-state index is 0.176. The van der Waals surface area contributed by atoms with Crippen molar-refractivity contribution in [3.8, 4) is 5.75 Å². The van der Waals surface area contributed by atoms with Crippen molar-refractivity contribution in [2.75, 3.05) is 13.1 Å². The molecule has 6 heteroatoms. The fraction of sp³-hybridized carbons (Fsp3) is 0.412. The van der Waals surface area contributed by atoms with Gasteiger partial charge >= 0.3 is 6.36 Å². The van der Waals surface area contributed by atoms with Crippen molar-refractivity contribution in [1.82, 2.24) is 9.88 Å². The smallest absolute Gasteiger partial charge is 0.406 e. The van der Waals surface area contributed by atoms with E-state index in [0.717, 1.165) is 36.0 Å². The van der Waals surface area contributed by atoms with Gasteiger partial charge in [0, 0.05) is 35.2 Å². The lowest BCUT2D eigenvalue weighted by Crippen LogP contribution is -2.32. The summed E-state index contributed by atoms with van der Waals surface area (Å²) in [6.07, 6.45) is 2.79. The first-order chi connectivity index (χ1) is 11.0. The molecule has 23 heavy (non-hydrogen) atoms. The molecule has 0 saturated carbocycles. The molecule has 1 fully saturated rings. The molecule has 1 aromatic carbocycles. The molecular weight excluding hydrogens is 305 g/mol.